The highest BCUT2D eigenvalue weighted by Gasteiger charge is 2.08. The topological polar surface area (TPSA) is 66.9 Å². The molecule has 0 unspecified atom stereocenters. The summed E-state index contributed by atoms with van der Waals surface area (Å²) in [4.78, 5) is 12.0. The summed E-state index contributed by atoms with van der Waals surface area (Å²) < 4.78 is 0.771. The highest BCUT2D eigenvalue weighted by Crippen LogP contribution is 2.27. The highest BCUT2D eigenvalue weighted by atomic mass is 32.2. The molecule has 140 valence electrons. The maximum Gasteiger partial charge on any atom is 0.230 e. The third-order valence-corrected chi connectivity index (χ3v) is 5.93. The van der Waals surface area contributed by atoms with Crippen molar-refractivity contribution in [3.05, 3.63) is 65.2 Å². The van der Waals surface area contributed by atoms with E-state index in [4.69, 9.17) is 0 Å². The Kier molecular flexibility index (Phi) is 6.84. The number of carbonyl (C=O) groups is 1. The van der Waals surface area contributed by atoms with Crippen LogP contribution in [0.1, 0.15) is 23.6 Å². The number of aromatic nitrogens is 2. The molecular weight excluding hydrogens is 376 g/mol. The first-order chi connectivity index (χ1) is 13.1. The SMILES string of the molecule is CCc1ccc(Nc2nnc(SCC(=O)NCc3ccc(C)cc3)s2)cc1. The van der Waals surface area contributed by atoms with E-state index in [-0.39, 0.29) is 5.91 Å². The number of carbonyl (C=O) groups excluding carboxylic acids is 1. The summed E-state index contributed by atoms with van der Waals surface area (Å²) in [6.45, 7) is 4.72. The van der Waals surface area contributed by atoms with Crippen molar-refractivity contribution in [2.24, 2.45) is 0 Å². The van der Waals surface area contributed by atoms with Crippen LogP contribution in [0.2, 0.25) is 0 Å². The lowest BCUT2D eigenvalue weighted by Crippen LogP contribution is -2.24. The average Bonchev–Trinajstić information content (AvgIpc) is 3.14. The molecule has 2 N–H and O–H groups in total. The van der Waals surface area contributed by atoms with Gasteiger partial charge in [-0.2, -0.15) is 0 Å². The van der Waals surface area contributed by atoms with Gasteiger partial charge < -0.3 is 10.6 Å². The molecule has 0 saturated heterocycles. The predicted octanol–water partition coefficient (Wildman–Crippen LogP) is 4.56. The summed E-state index contributed by atoms with van der Waals surface area (Å²) in [6.07, 6.45) is 1.02. The van der Waals surface area contributed by atoms with E-state index in [2.05, 4.69) is 39.9 Å². The Morgan fingerprint density at radius 2 is 1.74 bits per heavy atom. The zero-order valence-corrected chi connectivity index (χ0v) is 17.0. The van der Waals surface area contributed by atoms with Gasteiger partial charge in [0.2, 0.25) is 11.0 Å². The number of hydrogen-bond acceptors (Lipinski definition) is 6. The number of anilines is 2. The van der Waals surface area contributed by atoms with Crippen LogP contribution in [0, 0.1) is 6.92 Å². The Balaban J connectivity index is 1.44. The lowest BCUT2D eigenvalue weighted by atomic mass is 10.1. The van der Waals surface area contributed by atoms with Crippen molar-refractivity contribution in [2.75, 3.05) is 11.1 Å². The molecule has 1 aromatic heterocycles. The van der Waals surface area contributed by atoms with E-state index in [0.717, 1.165) is 27.1 Å². The molecule has 2 aromatic carbocycles. The molecule has 3 rings (SSSR count). The molecule has 0 fully saturated rings. The molecule has 0 atom stereocenters. The summed E-state index contributed by atoms with van der Waals surface area (Å²) in [7, 11) is 0. The van der Waals surface area contributed by atoms with Crippen LogP contribution in [0.25, 0.3) is 0 Å². The lowest BCUT2D eigenvalue weighted by Gasteiger charge is -2.04. The van der Waals surface area contributed by atoms with Gasteiger partial charge in [-0.1, -0.05) is 72.0 Å². The molecular formula is C20H22N4OS2. The smallest absolute Gasteiger partial charge is 0.230 e. The second kappa shape index (κ2) is 9.53. The summed E-state index contributed by atoms with van der Waals surface area (Å²) in [5.74, 6) is 0.312. The third-order valence-electron chi connectivity index (χ3n) is 3.96. The van der Waals surface area contributed by atoms with Gasteiger partial charge >= 0.3 is 0 Å². The third kappa shape index (κ3) is 6.08. The normalized spacial score (nSPS) is 10.6. The zero-order valence-electron chi connectivity index (χ0n) is 15.4. The number of benzene rings is 2. The number of amides is 1. The molecule has 0 aliphatic rings. The summed E-state index contributed by atoms with van der Waals surface area (Å²) >= 11 is 2.84. The van der Waals surface area contributed by atoms with Gasteiger partial charge in [-0.3, -0.25) is 4.79 Å². The molecule has 1 amide bonds. The van der Waals surface area contributed by atoms with Gasteiger partial charge in [0.05, 0.1) is 5.75 Å². The van der Waals surface area contributed by atoms with Gasteiger partial charge in [0, 0.05) is 12.2 Å². The first kappa shape index (κ1) is 19.4. The van der Waals surface area contributed by atoms with E-state index in [9.17, 15) is 4.79 Å². The Morgan fingerprint density at radius 1 is 1.04 bits per heavy atom. The van der Waals surface area contributed by atoms with Crippen molar-refractivity contribution in [3.8, 4) is 0 Å². The minimum atomic E-state index is -0.0135. The minimum Gasteiger partial charge on any atom is -0.351 e. The molecule has 0 aliphatic heterocycles. The van der Waals surface area contributed by atoms with Crippen LogP contribution in [-0.4, -0.2) is 21.9 Å². The van der Waals surface area contributed by atoms with E-state index >= 15 is 0 Å². The fourth-order valence-corrected chi connectivity index (χ4v) is 3.95. The first-order valence-corrected chi connectivity index (χ1v) is 10.6. The van der Waals surface area contributed by atoms with Crippen LogP contribution in [0.15, 0.2) is 52.9 Å². The highest BCUT2D eigenvalue weighted by molar-refractivity contribution is 8.01. The lowest BCUT2D eigenvalue weighted by molar-refractivity contribution is -0.118. The second-order valence-corrected chi connectivity index (χ2v) is 8.30. The van der Waals surface area contributed by atoms with E-state index in [1.54, 1.807) is 0 Å². The zero-order chi connectivity index (χ0) is 19.1. The van der Waals surface area contributed by atoms with Gasteiger partial charge in [0.1, 0.15) is 0 Å². The van der Waals surface area contributed by atoms with Crippen molar-refractivity contribution in [2.45, 2.75) is 31.2 Å². The molecule has 27 heavy (non-hydrogen) atoms. The summed E-state index contributed by atoms with van der Waals surface area (Å²) in [5.41, 5.74) is 4.58. The molecule has 0 saturated carbocycles. The van der Waals surface area contributed by atoms with Crippen LogP contribution in [0.5, 0.6) is 0 Å². The number of aryl methyl sites for hydroxylation is 2. The monoisotopic (exact) mass is 398 g/mol. The largest absolute Gasteiger partial charge is 0.351 e. The molecule has 0 bridgehead atoms. The van der Waals surface area contributed by atoms with E-state index < -0.39 is 0 Å². The van der Waals surface area contributed by atoms with E-state index in [0.29, 0.717) is 12.3 Å². The van der Waals surface area contributed by atoms with E-state index in [1.165, 1.54) is 34.2 Å². The second-order valence-electron chi connectivity index (χ2n) is 6.10. The van der Waals surface area contributed by atoms with Gasteiger partial charge in [0.15, 0.2) is 4.34 Å². The quantitative estimate of drug-likeness (QED) is 0.545. The molecule has 7 heteroatoms. The molecule has 3 aromatic rings. The Labute approximate surface area is 167 Å². The average molecular weight is 399 g/mol. The van der Waals surface area contributed by atoms with Crippen molar-refractivity contribution in [1.82, 2.24) is 15.5 Å². The van der Waals surface area contributed by atoms with Crippen molar-refractivity contribution < 1.29 is 4.79 Å². The number of nitrogens with zero attached hydrogens (tertiary/aromatic N) is 2. The van der Waals surface area contributed by atoms with Crippen LogP contribution in [0.3, 0.4) is 0 Å². The first-order valence-electron chi connectivity index (χ1n) is 8.77. The molecule has 0 radical (unpaired) electrons. The summed E-state index contributed by atoms with van der Waals surface area (Å²) in [6, 6.07) is 16.4. The van der Waals surface area contributed by atoms with Crippen LogP contribution in [-0.2, 0) is 17.8 Å². The number of thioether (sulfide) groups is 1. The van der Waals surface area contributed by atoms with Gasteiger partial charge in [-0.15, -0.1) is 10.2 Å². The van der Waals surface area contributed by atoms with Crippen molar-refractivity contribution in [1.29, 1.82) is 0 Å². The maximum atomic E-state index is 12.0. The van der Waals surface area contributed by atoms with Gasteiger partial charge in [-0.05, 0) is 36.6 Å². The molecule has 0 aliphatic carbocycles. The fraction of sp³-hybridized carbons (Fsp3) is 0.250. The van der Waals surface area contributed by atoms with Crippen LogP contribution < -0.4 is 10.6 Å². The fourth-order valence-electron chi connectivity index (χ4n) is 2.35. The summed E-state index contributed by atoms with van der Waals surface area (Å²) in [5, 5.41) is 15.2. The van der Waals surface area contributed by atoms with Gasteiger partial charge in [-0.25, -0.2) is 0 Å². The maximum absolute atomic E-state index is 12.0. The van der Waals surface area contributed by atoms with Crippen LogP contribution >= 0.6 is 23.1 Å². The number of hydrogen-bond donors (Lipinski definition) is 2. The van der Waals surface area contributed by atoms with Crippen LogP contribution in [0.4, 0.5) is 10.8 Å². The standard InChI is InChI=1S/C20H22N4OS2/c1-3-15-8-10-17(11-9-15)22-19-23-24-20(27-19)26-13-18(25)21-12-16-6-4-14(2)5-7-16/h4-11H,3,12-13H2,1-2H3,(H,21,25)(H,22,23). The Morgan fingerprint density at radius 3 is 2.44 bits per heavy atom. The Hall–Kier alpha value is -2.38. The predicted molar refractivity (Wildman–Crippen MR) is 113 cm³/mol. The Bertz CT molecular complexity index is 876. The molecule has 5 nitrogen and oxygen atoms in total. The van der Waals surface area contributed by atoms with Crippen molar-refractivity contribution in [3.63, 3.8) is 0 Å². The van der Waals surface area contributed by atoms with Gasteiger partial charge in [0.25, 0.3) is 0 Å². The molecule has 1 heterocycles. The number of rotatable bonds is 8. The molecule has 0 spiro atoms. The van der Waals surface area contributed by atoms with E-state index in [1.807, 2.05) is 43.3 Å². The minimum absolute atomic E-state index is 0.0135. The van der Waals surface area contributed by atoms with Crippen molar-refractivity contribution >= 4 is 39.8 Å². The number of nitrogens with one attached hydrogen (secondary N) is 2.